The smallest absolute Gasteiger partial charge is 0.311 e. The highest BCUT2D eigenvalue weighted by Gasteiger charge is 2.48. The number of amides is 1. The van der Waals surface area contributed by atoms with Crippen molar-refractivity contribution >= 4 is 23.5 Å². The molecule has 0 radical (unpaired) electrons. The molecule has 6 nitrogen and oxygen atoms in total. The van der Waals surface area contributed by atoms with E-state index in [1.807, 2.05) is 13.8 Å². The maximum atomic E-state index is 12.6. The van der Waals surface area contributed by atoms with Crippen LogP contribution in [0.15, 0.2) is 12.4 Å². The van der Waals surface area contributed by atoms with Gasteiger partial charge in [0.1, 0.15) is 0 Å². The van der Waals surface area contributed by atoms with E-state index in [1.165, 1.54) is 19.5 Å². The van der Waals surface area contributed by atoms with Crippen molar-refractivity contribution in [2.24, 2.45) is 10.8 Å². The summed E-state index contributed by atoms with van der Waals surface area (Å²) in [4.78, 5) is 32.7. The molecule has 1 aromatic heterocycles. The number of halogens is 1. The summed E-state index contributed by atoms with van der Waals surface area (Å²) < 4.78 is 4.90. The molecule has 1 N–H and O–H groups in total. The summed E-state index contributed by atoms with van der Waals surface area (Å²) in [5, 5.41) is 3.15. The van der Waals surface area contributed by atoms with Gasteiger partial charge in [0.25, 0.3) is 0 Å². The van der Waals surface area contributed by atoms with E-state index in [4.69, 9.17) is 16.3 Å². The predicted molar refractivity (Wildman–Crippen MR) is 85.6 cm³/mol. The van der Waals surface area contributed by atoms with Crippen LogP contribution in [0.1, 0.15) is 45.2 Å². The summed E-state index contributed by atoms with van der Waals surface area (Å²) in [5.41, 5.74) is -0.711. The molecule has 0 spiro atoms. The van der Waals surface area contributed by atoms with Crippen molar-refractivity contribution in [2.45, 2.75) is 46.1 Å². The zero-order valence-electron chi connectivity index (χ0n) is 13.7. The van der Waals surface area contributed by atoms with E-state index in [9.17, 15) is 9.59 Å². The largest absolute Gasteiger partial charge is 0.469 e. The molecule has 1 aliphatic rings. The lowest BCUT2D eigenvalue weighted by atomic mass is 9.63. The second kappa shape index (κ2) is 6.83. The van der Waals surface area contributed by atoms with Crippen molar-refractivity contribution in [3.8, 4) is 0 Å². The molecular formula is C16H22ClN3O3. The summed E-state index contributed by atoms with van der Waals surface area (Å²) in [6.45, 7) is 3.97. The molecule has 1 fully saturated rings. The molecule has 1 heterocycles. The van der Waals surface area contributed by atoms with Crippen molar-refractivity contribution in [2.75, 3.05) is 7.11 Å². The van der Waals surface area contributed by atoms with Crippen molar-refractivity contribution in [1.29, 1.82) is 0 Å². The van der Waals surface area contributed by atoms with E-state index < -0.39 is 10.8 Å². The molecule has 7 heteroatoms. The summed E-state index contributed by atoms with van der Waals surface area (Å²) in [5.74, 6) is -0.359. The Balaban J connectivity index is 2.05. The number of nitrogens with zero attached hydrogens (tertiary/aromatic N) is 2. The molecule has 1 aromatic rings. The monoisotopic (exact) mass is 339 g/mol. The SMILES string of the molecule is COC(=O)C1(C)CCCC(C)(C(=O)NCc2nccnc2Cl)C1. The van der Waals surface area contributed by atoms with E-state index in [2.05, 4.69) is 15.3 Å². The van der Waals surface area contributed by atoms with Crippen LogP contribution in [-0.4, -0.2) is 29.0 Å². The van der Waals surface area contributed by atoms with E-state index in [-0.39, 0.29) is 23.6 Å². The Bertz CT molecular complexity index is 610. The Kier molecular flexibility index (Phi) is 5.24. The molecule has 0 saturated heterocycles. The maximum Gasteiger partial charge on any atom is 0.311 e. The van der Waals surface area contributed by atoms with Crippen LogP contribution in [0.3, 0.4) is 0 Å². The summed E-state index contributed by atoms with van der Waals surface area (Å²) in [7, 11) is 1.38. The minimum Gasteiger partial charge on any atom is -0.469 e. The lowest BCUT2D eigenvalue weighted by Gasteiger charge is -2.41. The van der Waals surface area contributed by atoms with Crippen molar-refractivity contribution in [3.63, 3.8) is 0 Å². The van der Waals surface area contributed by atoms with Crippen LogP contribution in [0, 0.1) is 10.8 Å². The molecule has 1 saturated carbocycles. The van der Waals surface area contributed by atoms with Crippen LogP contribution >= 0.6 is 11.6 Å². The van der Waals surface area contributed by atoms with Crippen LogP contribution in [0.2, 0.25) is 5.15 Å². The summed E-state index contributed by atoms with van der Waals surface area (Å²) in [6, 6.07) is 0. The van der Waals surface area contributed by atoms with Crippen molar-refractivity contribution in [3.05, 3.63) is 23.2 Å². The Hall–Kier alpha value is -1.69. The number of ether oxygens (including phenoxy) is 1. The number of carbonyl (C=O) groups excluding carboxylic acids is 2. The van der Waals surface area contributed by atoms with Crippen molar-refractivity contribution in [1.82, 2.24) is 15.3 Å². The van der Waals surface area contributed by atoms with Gasteiger partial charge in [0.15, 0.2) is 5.15 Å². The lowest BCUT2D eigenvalue weighted by molar-refractivity contribution is -0.158. The number of hydrogen-bond acceptors (Lipinski definition) is 5. The quantitative estimate of drug-likeness (QED) is 0.852. The highest BCUT2D eigenvalue weighted by Crippen LogP contribution is 2.47. The van der Waals surface area contributed by atoms with E-state index in [0.717, 1.165) is 19.3 Å². The predicted octanol–water partition coefficient (Wildman–Crippen LogP) is 2.51. The fourth-order valence-electron chi connectivity index (χ4n) is 3.37. The standard InChI is InChI=1S/C16H22ClN3O3/c1-15(5-4-6-16(2,10-15)14(22)23-3)13(21)20-9-11-12(17)19-8-7-18-11/h7-8H,4-6,9-10H2,1-3H3,(H,20,21). The van der Waals surface area contributed by atoms with E-state index in [0.29, 0.717) is 12.1 Å². The number of carbonyl (C=O) groups is 2. The normalized spacial score (nSPS) is 27.3. The summed E-state index contributed by atoms with van der Waals surface area (Å²) in [6.07, 6.45) is 5.77. The molecule has 2 rings (SSSR count). The number of nitrogens with one attached hydrogen (secondary N) is 1. The second-order valence-electron chi connectivity index (χ2n) is 6.62. The summed E-state index contributed by atoms with van der Waals surface area (Å²) >= 11 is 5.95. The van der Waals surface area contributed by atoms with Gasteiger partial charge in [0.05, 0.1) is 24.8 Å². The van der Waals surface area contributed by atoms with Gasteiger partial charge in [0, 0.05) is 17.8 Å². The Morgan fingerprint density at radius 2 is 1.91 bits per heavy atom. The average molecular weight is 340 g/mol. The number of rotatable bonds is 4. The third kappa shape index (κ3) is 3.80. The van der Waals surface area contributed by atoms with Gasteiger partial charge in [-0.2, -0.15) is 0 Å². The van der Waals surface area contributed by atoms with Gasteiger partial charge in [0.2, 0.25) is 5.91 Å². The van der Waals surface area contributed by atoms with Gasteiger partial charge in [-0.1, -0.05) is 24.9 Å². The Morgan fingerprint density at radius 3 is 2.57 bits per heavy atom. The van der Waals surface area contributed by atoms with Gasteiger partial charge in [-0.15, -0.1) is 0 Å². The zero-order chi connectivity index (χ0) is 17.1. The van der Waals surface area contributed by atoms with Crippen LogP contribution in [0.25, 0.3) is 0 Å². The Morgan fingerprint density at radius 1 is 1.26 bits per heavy atom. The fourth-order valence-corrected chi connectivity index (χ4v) is 3.54. The van der Waals surface area contributed by atoms with Gasteiger partial charge in [-0.3, -0.25) is 14.6 Å². The molecule has 2 unspecified atom stereocenters. The van der Waals surface area contributed by atoms with Crippen LogP contribution < -0.4 is 5.32 Å². The van der Waals surface area contributed by atoms with Gasteiger partial charge >= 0.3 is 5.97 Å². The van der Waals surface area contributed by atoms with E-state index in [1.54, 1.807) is 0 Å². The average Bonchev–Trinajstić information content (AvgIpc) is 2.52. The van der Waals surface area contributed by atoms with Crippen molar-refractivity contribution < 1.29 is 14.3 Å². The van der Waals surface area contributed by atoms with Gasteiger partial charge in [-0.05, 0) is 26.2 Å². The topological polar surface area (TPSA) is 81.2 Å². The first-order chi connectivity index (χ1) is 10.8. The second-order valence-corrected chi connectivity index (χ2v) is 6.98. The highest BCUT2D eigenvalue weighted by molar-refractivity contribution is 6.29. The lowest BCUT2D eigenvalue weighted by Crippen LogP contribution is -2.47. The Labute approximate surface area is 141 Å². The molecule has 23 heavy (non-hydrogen) atoms. The minimum absolute atomic E-state index is 0.103. The molecular weight excluding hydrogens is 318 g/mol. The molecule has 126 valence electrons. The molecule has 0 aliphatic heterocycles. The van der Waals surface area contributed by atoms with Gasteiger partial charge in [-0.25, -0.2) is 4.98 Å². The molecule has 1 amide bonds. The van der Waals surface area contributed by atoms with Crippen LogP contribution in [-0.2, 0) is 20.9 Å². The maximum absolute atomic E-state index is 12.6. The number of esters is 1. The van der Waals surface area contributed by atoms with Gasteiger partial charge < -0.3 is 10.1 Å². The van der Waals surface area contributed by atoms with Crippen LogP contribution in [0.5, 0.6) is 0 Å². The molecule has 0 bridgehead atoms. The first kappa shape index (κ1) is 17.7. The first-order valence-electron chi connectivity index (χ1n) is 7.63. The molecule has 2 atom stereocenters. The van der Waals surface area contributed by atoms with E-state index >= 15 is 0 Å². The number of aromatic nitrogens is 2. The third-order valence-corrected chi connectivity index (χ3v) is 4.92. The molecule has 0 aromatic carbocycles. The zero-order valence-corrected chi connectivity index (χ0v) is 14.4. The molecule has 1 aliphatic carbocycles. The minimum atomic E-state index is -0.622. The number of methoxy groups -OCH3 is 1. The van der Waals surface area contributed by atoms with Crippen LogP contribution in [0.4, 0.5) is 0 Å². The first-order valence-corrected chi connectivity index (χ1v) is 8.01. The third-order valence-electron chi connectivity index (χ3n) is 4.60. The highest BCUT2D eigenvalue weighted by atomic mass is 35.5. The number of hydrogen-bond donors (Lipinski definition) is 1. The fraction of sp³-hybridized carbons (Fsp3) is 0.625.